The number of rotatable bonds is 7. The molecule has 3 heterocycles. The van der Waals surface area contributed by atoms with Crippen LogP contribution in [0.2, 0.25) is 0 Å². The molecule has 7 nitrogen and oxygen atoms in total. The SMILES string of the molecule is COCCn1c(CC2CCN(C(=O)c3cccc(OC)c3)C2)nc2cccnc21. The number of ether oxygens (including phenoxy) is 2. The average Bonchev–Trinajstić information content (AvgIpc) is 3.36. The first-order valence-electron chi connectivity index (χ1n) is 9.92. The highest BCUT2D eigenvalue weighted by atomic mass is 16.5. The van der Waals surface area contributed by atoms with Gasteiger partial charge in [0.15, 0.2) is 5.65 Å². The summed E-state index contributed by atoms with van der Waals surface area (Å²) in [6, 6.07) is 11.2. The Hall–Kier alpha value is -2.93. The Morgan fingerprint density at radius 3 is 2.97 bits per heavy atom. The molecule has 1 saturated heterocycles. The van der Waals surface area contributed by atoms with Gasteiger partial charge in [-0.15, -0.1) is 0 Å². The van der Waals surface area contributed by atoms with Gasteiger partial charge in [-0.25, -0.2) is 9.97 Å². The van der Waals surface area contributed by atoms with Crippen molar-refractivity contribution in [3.05, 3.63) is 54.0 Å². The third-order valence-corrected chi connectivity index (χ3v) is 5.46. The lowest BCUT2D eigenvalue weighted by Crippen LogP contribution is -2.29. The minimum atomic E-state index is 0.0564. The van der Waals surface area contributed by atoms with Crippen LogP contribution >= 0.6 is 0 Å². The Kier molecular flexibility index (Phi) is 5.76. The van der Waals surface area contributed by atoms with Crippen molar-refractivity contribution >= 4 is 17.1 Å². The molecule has 1 aromatic carbocycles. The molecule has 1 atom stereocenters. The van der Waals surface area contributed by atoms with Crippen molar-refractivity contribution in [2.75, 3.05) is 33.9 Å². The number of amides is 1. The Bertz CT molecular complexity index is 1000. The Morgan fingerprint density at radius 2 is 2.14 bits per heavy atom. The van der Waals surface area contributed by atoms with Crippen LogP contribution in [0.4, 0.5) is 0 Å². The number of methoxy groups -OCH3 is 2. The predicted molar refractivity (Wildman–Crippen MR) is 110 cm³/mol. The Labute approximate surface area is 170 Å². The van der Waals surface area contributed by atoms with E-state index >= 15 is 0 Å². The van der Waals surface area contributed by atoms with E-state index in [1.54, 1.807) is 26.5 Å². The normalized spacial score (nSPS) is 16.5. The van der Waals surface area contributed by atoms with E-state index in [9.17, 15) is 4.79 Å². The average molecular weight is 394 g/mol. The van der Waals surface area contributed by atoms with E-state index in [2.05, 4.69) is 9.55 Å². The van der Waals surface area contributed by atoms with Crippen LogP contribution in [0.3, 0.4) is 0 Å². The molecule has 3 aromatic rings. The number of hydrogen-bond acceptors (Lipinski definition) is 5. The molecule has 1 fully saturated rings. The molecule has 7 heteroatoms. The van der Waals surface area contributed by atoms with Crippen LogP contribution < -0.4 is 4.74 Å². The van der Waals surface area contributed by atoms with Gasteiger partial charge in [-0.2, -0.15) is 0 Å². The summed E-state index contributed by atoms with van der Waals surface area (Å²) >= 11 is 0. The zero-order chi connectivity index (χ0) is 20.2. The second-order valence-electron chi connectivity index (χ2n) is 7.36. The van der Waals surface area contributed by atoms with E-state index < -0.39 is 0 Å². The van der Waals surface area contributed by atoms with Crippen LogP contribution in [-0.4, -0.2) is 59.3 Å². The topological polar surface area (TPSA) is 69.5 Å². The molecular formula is C22H26N4O3. The third kappa shape index (κ3) is 4.10. The molecule has 1 unspecified atom stereocenters. The summed E-state index contributed by atoms with van der Waals surface area (Å²) in [5.41, 5.74) is 2.46. The van der Waals surface area contributed by atoms with Crippen LogP contribution in [0.5, 0.6) is 5.75 Å². The van der Waals surface area contributed by atoms with Crippen LogP contribution in [0, 0.1) is 5.92 Å². The molecule has 29 heavy (non-hydrogen) atoms. The maximum Gasteiger partial charge on any atom is 0.253 e. The number of imidazole rings is 1. The minimum Gasteiger partial charge on any atom is -0.497 e. The quantitative estimate of drug-likeness (QED) is 0.616. The first kappa shape index (κ1) is 19.4. The molecule has 2 aromatic heterocycles. The molecule has 4 rings (SSSR count). The molecule has 1 amide bonds. The van der Waals surface area contributed by atoms with Crippen LogP contribution in [0.1, 0.15) is 22.6 Å². The molecular weight excluding hydrogens is 368 g/mol. The van der Waals surface area contributed by atoms with Crippen LogP contribution in [-0.2, 0) is 17.7 Å². The van der Waals surface area contributed by atoms with E-state index in [0.717, 1.165) is 49.5 Å². The lowest BCUT2D eigenvalue weighted by atomic mass is 10.0. The van der Waals surface area contributed by atoms with Crippen LogP contribution in [0.25, 0.3) is 11.2 Å². The number of carbonyl (C=O) groups excluding carboxylic acids is 1. The maximum atomic E-state index is 12.9. The van der Waals surface area contributed by atoms with Gasteiger partial charge in [0.2, 0.25) is 0 Å². The molecule has 1 aliphatic heterocycles. The summed E-state index contributed by atoms with van der Waals surface area (Å²) in [5, 5.41) is 0. The number of benzene rings is 1. The fourth-order valence-corrected chi connectivity index (χ4v) is 3.96. The summed E-state index contributed by atoms with van der Waals surface area (Å²) in [6.45, 7) is 2.83. The minimum absolute atomic E-state index is 0.0564. The van der Waals surface area contributed by atoms with E-state index in [1.165, 1.54) is 0 Å². The number of aromatic nitrogens is 3. The molecule has 0 bridgehead atoms. The number of hydrogen-bond donors (Lipinski definition) is 0. The largest absolute Gasteiger partial charge is 0.497 e. The molecule has 0 saturated carbocycles. The van der Waals surface area contributed by atoms with Crippen molar-refractivity contribution in [2.24, 2.45) is 5.92 Å². The molecule has 0 spiro atoms. The highest BCUT2D eigenvalue weighted by Gasteiger charge is 2.28. The first-order chi connectivity index (χ1) is 14.2. The van der Waals surface area contributed by atoms with E-state index in [-0.39, 0.29) is 5.91 Å². The van der Waals surface area contributed by atoms with Gasteiger partial charge in [0.25, 0.3) is 5.91 Å². The maximum absolute atomic E-state index is 12.9. The summed E-state index contributed by atoms with van der Waals surface area (Å²) in [7, 11) is 3.31. The van der Waals surface area contributed by atoms with E-state index in [0.29, 0.717) is 23.8 Å². The van der Waals surface area contributed by atoms with Gasteiger partial charge in [0.05, 0.1) is 13.7 Å². The molecule has 152 valence electrons. The monoisotopic (exact) mass is 394 g/mol. The van der Waals surface area contributed by atoms with Gasteiger partial charge in [-0.05, 0) is 42.7 Å². The number of nitrogens with zero attached hydrogens (tertiary/aromatic N) is 4. The van der Waals surface area contributed by atoms with E-state index in [4.69, 9.17) is 14.5 Å². The third-order valence-electron chi connectivity index (χ3n) is 5.46. The predicted octanol–water partition coefficient (Wildman–Crippen LogP) is 2.79. The Balaban J connectivity index is 1.48. The van der Waals surface area contributed by atoms with Crippen molar-refractivity contribution in [3.63, 3.8) is 0 Å². The van der Waals surface area contributed by atoms with E-state index in [1.807, 2.05) is 35.2 Å². The van der Waals surface area contributed by atoms with Crippen molar-refractivity contribution in [2.45, 2.75) is 19.4 Å². The second-order valence-corrected chi connectivity index (χ2v) is 7.36. The smallest absolute Gasteiger partial charge is 0.253 e. The number of likely N-dealkylation sites (tertiary alicyclic amines) is 1. The Morgan fingerprint density at radius 1 is 1.24 bits per heavy atom. The lowest BCUT2D eigenvalue weighted by molar-refractivity contribution is 0.0786. The van der Waals surface area contributed by atoms with Crippen molar-refractivity contribution in [1.29, 1.82) is 0 Å². The summed E-state index contributed by atoms with van der Waals surface area (Å²) in [4.78, 5) is 24.1. The van der Waals surface area contributed by atoms with Gasteiger partial charge < -0.3 is 18.9 Å². The van der Waals surface area contributed by atoms with Gasteiger partial charge in [0.1, 0.15) is 17.1 Å². The molecule has 0 N–H and O–H groups in total. The van der Waals surface area contributed by atoms with Crippen molar-refractivity contribution < 1.29 is 14.3 Å². The number of fused-ring (bicyclic) bond motifs is 1. The second kappa shape index (κ2) is 8.61. The van der Waals surface area contributed by atoms with Gasteiger partial charge in [-0.1, -0.05) is 6.07 Å². The zero-order valence-electron chi connectivity index (χ0n) is 16.9. The standard InChI is InChI=1S/C22H26N4O3/c1-28-12-11-26-20(24-19-7-4-9-23-21(19)26)13-16-8-10-25(15-16)22(27)17-5-3-6-18(14-17)29-2/h3-7,9,14,16H,8,10-13,15H2,1-2H3. The first-order valence-corrected chi connectivity index (χ1v) is 9.92. The fraction of sp³-hybridized carbons (Fsp3) is 0.409. The molecule has 0 aliphatic carbocycles. The number of pyridine rings is 1. The molecule has 0 radical (unpaired) electrons. The van der Waals surface area contributed by atoms with Gasteiger partial charge >= 0.3 is 0 Å². The summed E-state index contributed by atoms with van der Waals surface area (Å²) < 4.78 is 12.7. The zero-order valence-corrected chi connectivity index (χ0v) is 16.9. The summed E-state index contributed by atoms with van der Waals surface area (Å²) in [5.74, 6) is 2.14. The number of carbonyl (C=O) groups is 1. The highest BCUT2D eigenvalue weighted by Crippen LogP contribution is 2.25. The fourth-order valence-electron chi connectivity index (χ4n) is 3.96. The van der Waals surface area contributed by atoms with Crippen molar-refractivity contribution in [1.82, 2.24) is 19.4 Å². The van der Waals surface area contributed by atoms with Gasteiger partial charge in [-0.3, -0.25) is 4.79 Å². The lowest BCUT2D eigenvalue weighted by Gasteiger charge is -2.17. The van der Waals surface area contributed by atoms with Crippen molar-refractivity contribution in [3.8, 4) is 5.75 Å². The highest BCUT2D eigenvalue weighted by molar-refractivity contribution is 5.94. The van der Waals surface area contributed by atoms with Gasteiger partial charge in [0, 0.05) is 44.9 Å². The van der Waals surface area contributed by atoms with Crippen LogP contribution in [0.15, 0.2) is 42.6 Å². The molecule has 1 aliphatic rings. The summed E-state index contributed by atoms with van der Waals surface area (Å²) in [6.07, 6.45) is 3.58.